The van der Waals surface area contributed by atoms with Crippen LogP contribution in [0.2, 0.25) is 0 Å². The van der Waals surface area contributed by atoms with E-state index in [1.165, 1.54) is 16.3 Å². The zero-order valence-corrected chi connectivity index (χ0v) is 14.0. The van der Waals surface area contributed by atoms with Crippen LogP contribution in [0.5, 0.6) is 0 Å². The smallest absolute Gasteiger partial charge is 0.356 e. The van der Waals surface area contributed by atoms with Crippen molar-refractivity contribution in [3.63, 3.8) is 0 Å². The molecule has 0 radical (unpaired) electrons. The fourth-order valence-corrected chi connectivity index (χ4v) is 3.59. The lowest BCUT2D eigenvalue weighted by atomic mass is 10.2. The number of carbonyl (C=O) groups is 2. The molecule has 0 fully saturated rings. The van der Waals surface area contributed by atoms with Crippen molar-refractivity contribution >= 4 is 11.9 Å². The molecule has 130 valence electrons. The van der Waals surface area contributed by atoms with Crippen LogP contribution in [0.1, 0.15) is 50.2 Å². The van der Waals surface area contributed by atoms with Crippen molar-refractivity contribution < 1.29 is 14.7 Å². The van der Waals surface area contributed by atoms with Gasteiger partial charge in [0.05, 0.1) is 6.54 Å². The highest BCUT2D eigenvalue weighted by Gasteiger charge is 2.28. The Balaban J connectivity index is 1.48. The molecule has 2 aromatic rings. The van der Waals surface area contributed by atoms with Crippen LogP contribution in [0.25, 0.3) is 0 Å². The molecule has 2 aromatic heterocycles. The lowest BCUT2D eigenvalue weighted by molar-refractivity contribution is 0.0678. The number of hydrogen-bond acceptors (Lipinski definition) is 5. The van der Waals surface area contributed by atoms with Crippen molar-refractivity contribution in [2.75, 3.05) is 13.1 Å². The number of carbonyl (C=O) groups excluding carboxylic acids is 1. The minimum Gasteiger partial charge on any atom is -0.476 e. The summed E-state index contributed by atoms with van der Waals surface area (Å²) >= 11 is 0. The van der Waals surface area contributed by atoms with E-state index in [-0.39, 0.29) is 11.6 Å². The maximum absolute atomic E-state index is 12.6. The summed E-state index contributed by atoms with van der Waals surface area (Å²) in [6.07, 6.45) is 3.79. The number of carboxylic acids is 1. The van der Waals surface area contributed by atoms with E-state index in [4.69, 9.17) is 5.11 Å². The first-order valence-electron chi connectivity index (χ1n) is 8.48. The van der Waals surface area contributed by atoms with E-state index in [1.807, 2.05) is 6.92 Å². The zero-order valence-electron chi connectivity index (χ0n) is 14.0. The Labute approximate surface area is 144 Å². The molecular weight excluding hydrogens is 322 g/mol. The summed E-state index contributed by atoms with van der Waals surface area (Å²) in [6.45, 7) is 3.55. The third-order valence-electron chi connectivity index (χ3n) is 4.88. The van der Waals surface area contributed by atoms with Crippen LogP contribution >= 0.6 is 0 Å². The van der Waals surface area contributed by atoms with Crippen LogP contribution in [-0.4, -0.2) is 54.7 Å². The SMILES string of the molecule is Cc1nc(CCN2CCn3nc(C(=O)O)cc3C2=O)nc2c1CCC2. The second-order valence-electron chi connectivity index (χ2n) is 6.49. The summed E-state index contributed by atoms with van der Waals surface area (Å²) in [5, 5.41) is 13.0. The molecule has 0 aromatic carbocycles. The van der Waals surface area contributed by atoms with E-state index < -0.39 is 5.97 Å². The van der Waals surface area contributed by atoms with Crippen LogP contribution in [-0.2, 0) is 25.8 Å². The number of fused-ring (bicyclic) bond motifs is 2. The fourth-order valence-electron chi connectivity index (χ4n) is 3.59. The topological polar surface area (TPSA) is 101 Å². The van der Waals surface area contributed by atoms with Gasteiger partial charge >= 0.3 is 5.97 Å². The molecule has 8 heteroatoms. The highest BCUT2D eigenvalue weighted by molar-refractivity contribution is 5.96. The van der Waals surface area contributed by atoms with Crippen molar-refractivity contribution in [3.05, 3.63) is 40.2 Å². The molecule has 0 atom stereocenters. The van der Waals surface area contributed by atoms with Crippen LogP contribution in [0, 0.1) is 6.92 Å². The van der Waals surface area contributed by atoms with E-state index in [9.17, 15) is 9.59 Å². The highest BCUT2D eigenvalue weighted by atomic mass is 16.4. The van der Waals surface area contributed by atoms with Gasteiger partial charge in [-0.25, -0.2) is 14.8 Å². The van der Waals surface area contributed by atoms with Crippen LogP contribution in [0.15, 0.2) is 6.07 Å². The van der Waals surface area contributed by atoms with Gasteiger partial charge in [0.15, 0.2) is 5.69 Å². The molecule has 1 aliphatic heterocycles. The lowest BCUT2D eigenvalue weighted by Gasteiger charge is -2.27. The average molecular weight is 341 g/mol. The number of rotatable bonds is 4. The molecule has 4 rings (SSSR count). The van der Waals surface area contributed by atoms with Crippen molar-refractivity contribution in [2.45, 2.75) is 39.2 Å². The van der Waals surface area contributed by atoms with Gasteiger partial charge in [-0.15, -0.1) is 0 Å². The van der Waals surface area contributed by atoms with Gasteiger partial charge in [0, 0.05) is 37.0 Å². The second-order valence-corrected chi connectivity index (χ2v) is 6.49. The molecule has 0 saturated heterocycles. The van der Waals surface area contributed by atoms with Crippen molar-refractivity contribution in [2.24, 2.45) is 0 Å². The summed E-state index contributed by atoms with van der Waals surface area (Å²) in [5.74, 6) is -0.538. The van der Waals surface area contributed by atoms with E-state index in [0.717, 1.165) is 36.5 Å². The maximum atomic E-state index is 12.6. The Hall–Kier alpha value is -2.77. The first-order chi connectivity index (χ1) is 12.0. The molecule has 0 saturated carbocycles. The van der Waals surface area contributed by atoms with E-state index in [1.54, 1.807) is 4.90 Å². The molecule has 25 heavy (non-hydrogen) atoms. The molecule has 2 aliphatic rings. The monoisotopic (exact) mass is 341 g/mol. The summed E-state index contributed by atoms with van der Waals surface area (Å²) in [4.78, 5) is 34.5. The lowest BCUT2D eigenvalue weighted by Crippen LogP contribution is -2.41. The Morgan fingerprint density at radius 2 is 2.12 bits per heavy atom. The number of aromatic nitrogens is 4. The zero-order chi connectivity index (χ0) is 17.6. The summed E-state index contributed by atoms with van der Waals surface area (Å²) in [6, 6.07) is 1.34. The Morgan fingerprint density at radius 1 is 1.28 bits per heavy atom. The third-order valence-corrected chi connectivity index (χ3v) is 4.88. The number of carboxylic acid groups (broad SMARTS) is 1. The quantitative estimate of drug-likeness (QED) is 0.885. The third kappa shape index (κ3) is 2.77. The van der Waals surface area contributed by atoms with Crippen LogP contribution < -0.4 is 0 Å². The minimum atomic E-state index is -1.12. The Morgan fingerprint density at radius 3 is 2.92 bits per heavy atom. The maximum Gasteiger partial charge on any atom is 0.356 e. The van der Waals surface area contributed by atoms with E-state index in [2.05, 4.69) is 15.1 Å². The molecule has 1 amide bonds. The minimum absolute atomic E-state index is 0.0946. The van der Waals surface area contributed by atoms with Crippen molar-refractivity contribution in [3.8, 4) is 0 Å². The molecule has 0 spiro atoms. The van der Waals surface area contributed by atoms with Crippen molar-refractivity contribution in [1.82, 2.24) is 24.6 Å². The predicted molar refractivity (Wildman–Crippen MR) is 87.6 cm³/mol. The summed E-state index contributed by atoms with van der Waals surface area (Å²) in [7, 11) is 0. The second kappa shape index (κ2) is 5.94. The van der Waals surface area contributed by atoms with Gasteiger partial charge in [0.1, 0.15) is 11.5 Å². The molecule has 8 nitrogen and oxygen atoms in total. The first-order valence-corrected chi connectivity index (χ1v) is 8.48. The molecule has 1 aliphatic carbocycles. The fraction of sp³-hybridized carbons (Fsp3) is 0.471. The van der Waals surface area contributed by atoms with Crippen LogP contribution in [0.3, 0.4) is 0 Å². The van der Waals surface area contributed by atoms with Crippen LogP contribution in [0.4, 0.5) is 0 Å². The number of hydrogen-bond donors (Lipinski definition) is 1. The van der Waals surface area contributed by atoms with Gasteiger partial charge in [-0.1, -0.05) is 0 Å². The van der Waals surface area contributed by atoms with Gasteiger partial charge in [0.25, 0.3) is 5.91 Å². The molecule has 0 unspecified atom stereocenters. The standard InChI is InChI=1S/C17H19N5O3/c1-10-11-3-2-4-12(11)19-15(18-10)5-6-21-7-8-22-14(16(21)23)9-13(20-22)17(24)25/h9H,2-8H2,1H3,(H,24,25). The largest absolute Gasteiger partial charge is 0.476 e. The predicted octanol–water partition coefficient (Wildman–Crippen LogP) is 0.867. The molecule has 3 heterocycles. The Kier molecular flexibility index (Phi) is 3.74. The van der Waals surface area contributed by atoms with Gasteiger partial charge in [0.2, 0.25) is 0 Å². The summed E-state index contributed by atoms with van der Waals surface area (Å²) < 4.78 is 1.47. The van der Waals surface area contributed by atoms with Gasteiger partial charge < -0.3 is 10.0 Å². The number of aromatic carboxylic acids is 1. The first kappa shape index (κ1) is 15.7. The molecule has 1 N–H and O–H groups in total. The number of amides is 1. The van der Waals surface area contributed by atoms with E-state index in [0.29, 0.717) is 31.7 Å². The Bertz CT molecular complexity index is 873. The number of nitrogens with zero attached hydrogens (tertiary/aromatic N) is 5. The van der Waals surface area contributed by atoms with Gasteiger partial charge in [-0.3, -0.25) is 9.48 Å². The molecule has 0 bridgehead atoms. The van der Waals surface area contributed by atoms with E-state index >= 15 is 0 Å². The highest BCUT2D eigenvalue weighted by Crippen LogP contribution is 2.22. The average Bonchev–Trinajstić information content (AvgIpc) is 3.21. The van der Waals surface area contributed by atoms with Gasteiger partial charge in [-0.2, -0.15) is 5.10 Å². The van der Waals surface area contributed by atoms with Gasteiger partial charge in [-0.05, 0) is 31.7 Å². The molecular formula is C17H19N5O3. The van der Waals surface area contributed by atoms with Crippen molar-refractivity contribution in [1.29, 1.82) is 0 Å². The summed E-state index contributed by atoms with van der Waals surface area (Å²) in [5.41, 5.74) is 3.71. The normalized spacial score (nSPS) is 16.0. The number of aryl methyl sites for hydroxylation is 2.